The number of likely N-dealkylation sites (tertiary alicyclic amines) is 1. The standard InChI is InChI=1S/C21H27IN4O3S2/c1-21(2,3)29-19(27)25-11-9-14(10-12-25)18-24-23-17(13-28-20(30)31-4)26(18)16-7-5-15(22)6-8-16/h5-8,14H,9-13H2,1-4H3. The number of hydrogen-bond acceptors (Lipinski definition) is 7. The summed E-state index contributed by atoms with van der Waals surface area (Å²) < 4.78 is 14.9. The summed E-state index contributed by atoms with van der Waals surface area (Å²) in [6, 6.07) is 8.23. The Morgan fingerprint density at radius 3 is 2.45 bits per heavy atom. The van der Waals surface area contributed by atoms with Crippen molar-refractivity contribution in [2.75, 3.05) is 19.3 Å². The number of aromatic nitrogens is 3. The van der Waals surface area contributed by atoms with E-state index in [1.807, 2.05) is 27.0 Å². The Balaban J connectivity index is 1.79. The number of rotatable bonds is 4. The largest absolute Gasteiger partial charge is 0.470 e. The van der Waals surface area contributed by atoms with Gasteiger partial charge in [0.2, 0.25) is 4.38 Å². The van der Waals surface area contributed by atoms with E-state index in [9.17, 15) is 4.79 Å². The number of carbonyl (C=O) groups is 1. The fourth-order valence-electron chi connectivity index (χ4n) is 3.39. The van der Waals surface area contributed by atoms with Crippen LogP contribution in [0.15, 0.2) is 24.3 Å². The van der Waals surface area contributed by atoms with E-state index in [1.165, 1.54) is 11.8 Å². The second kappa shape index (κ2) is 10.5. The van der Waals surface area contributed by atoms with Crippen molar-refractivity contribution in [2.45, 2.75) is 51.7 Å². The zero-order valence-electron chi connectivity index (χ0n) is 18.1. The van der Waals surface area contributed by atoms with E-state index in [4.69, 9.17) is 21.7 Å². The predicted molar refractivity (Wildman–Crippen MR) is 135 cm³/mol. The van der Waals surface area contributed by atoms with Gasteiger partial charge in [-0.2, -0.15) is 0 Å². The van der Waals surface area contributed by atoms with Crippen LogP contribution in [0.3, 0.4) is 0 Å². The van der Waals surface area contributed by atoms with Crippen molar-refractivity contribution >= 4 is 57.0 Å². The summed E-state index contributed by atoms with van der Waals surface area (Å²) in [4.78, 5) is 14.2. The van der Waals surface area contributed by atoms with Crippen LogP contribution in [0.5, 0.6) is 0 Å². The van der Waals surface area contributed by atoms with Crippen molar-refractivity contribution in [3.63, 3.8) is 0 Å². The molecule has 0 radical (unpaired) electrons. The second-order valence-corrected chi connectivity index (χ2v) is 10.9. The first-order valence-corrected chi connectivity index (χ1v) is 12.8. The molecule has 168 valence electrons. The maximum atomic E-state index is 12.4. The summed E-state index contributed by atoms with van der Waals surface area (Å²) in [6.07, 6.45) is 3.22. The Hall–Kier alpha value is -1.40. The SMILES string of the molecule is CSC(=S)OCc1nnc(C2CCN(C(=O)OC(C)(C)C)CC2)n1-c1ccc(I)cc1. The van der Waals surface area contributed by atoms with Crippen molar-refractivity contribution in [2.24, 2.45) is 0 Å². The van der Waals surface area contributed by atoms with Crippen LogP contribution >= 0.6 is 46.6 Å². The lowest BCUT2D eigenvalue weighted by atomic mass is 9.96. The normalized spacial score (nSPS) is 15.1. The maximum Gasteiger partial charge on any atom is 0.410 e. The van der Waals surface area contributed by atoms with Gasteiger partial charge in [0.15, 0.2) is 5.82 Å². The van der Waals surface area contributed by atoms with E-state index in [2.05, 4.69) is 61.6 Å². The zero-order chi connectivity index (χ0) is 22.6. The number of carbonyl (C=O) groups excluding carboxylic acids is 1. The lowest BCUT2D eigenvalue weighted by molar-refractivity contribution is 0.0202. The third-order valence-electron chi connectivity index (χ3n) is 4.84. The van der Waals surface area contributed by atoms with Gasteiger partial charge in [0.1, 0.15) is 18.0 Å². The number of hydrogen-bond donors (Lipinski definition) is 0. The predicted octanol–water partition coefficient (Wildman–Crippen LogP) is 5.15. The fraction of sp³-hybridized carbons (Fsp3) is 0.524. The molecule has 1 saturated heterocycles. The molecule has 2 heterocycles. The minimum absolute atomic E-state index is 0.187. The number of benzene rings is 1. The van der Waals surface area contributed by atoms with Crippen LogP contribution in [-0.4, -0.2) is 55.1 Å². The summed E-state index contributed by atoms with van der Waals surface area (Å²) in [5.41, 5.74) is 0.495. The molecule has 1 aliphatic rings. The first kappa shape index (κ1) is 24.2. The Kier molecular flexibility index (Phi) is 8.19. The maximum absolute atomic E-state index is 12.4. The number of thiocarbonyl (C=S) groups is 1. The molecule has 0 unspecified atom stereocenters. The van der Waals surface area contributed by atoms with Crippen LogP contribution in [0.1, 0.15) is 51.2 Å². The van der Waals surface area contributed by atoms with Gasteiger partial charge < -0.3 is 14.4 Å². The van der Waals surface area contributed by atoms with E-state index >= 15 is 0 Å². The number of amides is 1. The van der Waals surface area contributed by atoms with Gasteiger partial charge in [-0.1, -0.05) is 11.8 Å². The average molecular weight is 575 g/mol. The molecule has 1 aromatic carbocycles. The summed E-state index contributed by atoms with van der Waals surface area (Å²) in [6.45, 7) is 7.16. The topological polar surface area (TPSA) is 69.5 Å². The number of halogens is 1. The fourth-order valence-corrected chi connectivity index (χ4v) is 3.98. The second-order valence-electron chi connectivity index (χ2n) is 8.27. The minimum atomic E-state index is -0.495. The zero-order valence-corrected chi connectivity index (χ0v) is 21.9. The van der Waals surface area contributed by atoms with Crippen molar-refractivity contribution in [1.29, 1.82) is 0 Å². The van der Waals surface area contributed by atoms with Crippen LogP contribution in [0.4, 0.5) is 4.79 Å². The van der Waals surface area contributed by atoms with Gasteiger partial charge in [-0.15, -0.1) is 10.2 Å². The Bertz CT molecular complexity index is 920. The third kappa shape index (κ3) is 6.55. The lowest BCUT2D eigenvalue weighted by Crippen LogP contribution is -2.41. The molecular weight excluding hydrogens is 547 g/mol. The van der Waals surface area contributed by atoms with Gasteiger partial charge in [-0.3, -0.25) is 4.57 Å². The number of piperidine rings is 1. The molecule has 1 fully saturated rings. The van der Waals surface area contributed by atoms with E-state index in [1.54, 1.807) is 4.90 Å². The third-order valence-corrected chi connectivity index (χ3v) is 6.63. The molecule has 7 nitrogen and oxygen atoms in total. The molecule has 10 heteroatoms. The molecule has 0 bridgehead atoms. The highest BCUT2D eigenvalue weighted by atomic mass is 127. The van der Waals surface area contributed by atoms with E-state index in [0.717, 1.165) is 27.9 Å². The summed E-state index contributed by atoms with van der Waals surface area (Å²) in [5.74, 6) is 1.78. The number of nitrogens with zero attached hydrogens (tertiary/aromatic N) is 4. The van der Waals surface area contributed by atoms with Crippen molar-refractivity contribution < 1.29 is 14.3 Å². The molecule has 0 atom stereocenters. The lowest BCUT2D eigenvalue weighted by Gasteiger charge is -2.33. The first-order valence-electron chi connectivity index (χ1n) is 10.1. The quantitative estimate of drug-likeness (QED) is 0.370. The monoisotopic (exact) mass is 574 g/mol. The molecule has 1 aromatic heterocycles. The van der Waals surface area contributed by atoms with E-state index in [-0.39, 0.29) is 18.6 Å². The number of thioether (sulfide) groups is 1. The van der Waals surface area contributed by atoms with Crippen LogP contribution in [0, 0.1) is 3.57 Å². The highest BCUT2D eigenvalue weighted by Crippen LogP contribution is 2.30. The van der Waals surface area contributed by atoms with E-state index < -0.39 is 5.60 Å². The highest BCUT2D eigenvalue weighted by Gasteiger charge is 2.31. The van der Waals surface area contributed by atoms with Gasteiger partial charge in [0, 0.05) is 28.3 Å². The summed E-state index contributed by atoms with van der Waals surface area (Å²) in [7, 11) is 0. The van der Waals surface area contributed by atoms with E-state index in [0.29, 0.717) is 23.3 Å². The molecule has 1 amide bonds. The van der Waals surface area contributed by atoms with Gasteiger partial charge in [-0.05, 0) is 98.9 Å². The molecule has 0 N–H and O–H groups in total. The molecule has 2 aromatic rings. The average Bonchev–Trinajstić information content (AvgIpc) is 3.15. The highest BCUT2D eigenvalue weighted by molar-refractivity contribution is 14.1. The minimum Gasteiger partial charge on any atom is -0.470 e. The van der Waals surface area contributed by atoms with Crippen LogP contribution in [0.2, 0.25) is 0 Å². The van der Waals surface area contributed by atoms with Crippen molar-refractivity contribution in [3.8, 4) is 5.69 Å². The molecular formula is C21H27IN4O3S2. The Labute approximate surface area is 206 Å². The smallest absolute Gasteiger partial charge is 0.410 e. The Morgan fingerprint density at radius 2 is 1.87 bits per heavy atom. The molecule has 0 aliphatic carbocycles. The van der Waals surface area contributed by atoms with Crippen molar-refractivity contribution in [3.05, 3.63) is 39.5 Å². The molecule has 3 rings (SSSR count). The van der Waals surface area contributed by atoms with Gasteiger partial charge in [-0.25, -0.2) is 4.79 Å². The van der Waals surface area contributed by atoms with Gasteiger partial charge in [0.05, 0.1) is 0 Å². The molecule has 0 saturated carbocycles. The first-order chi connectivity index (χ1) is 14.7. The number of ether oxygens (including phenoxy) is 2. The Morgan fingerprint density at radius 1 is 1.23 bits per heavy atom. The van der Waals surface area contributed by atoms with Crippen LogP contribution < -0.4 is 0 Å². The molecule has 0 spiro atoms. The molecule has 31 heavy (non-hydrogen) atoms. The van der Waals surface area contributed by atoms with Crippen LogP contribution in [-0.2, 0) is 16.1 Å². The summed E-state index contributed by atoms with van der Waals surface area (Å²) >= 11 is 8.85. The van der Waals surface area contributed by atoms with Gasteiger partial charge in [0.25, 0.3) is 0 Å². The summed E-state index contributed by atoms with van der Waals surface area (Å²) in [5, 5.41) is 8.93. The van der Waals surface area contributed by atoms with Gasteiger partial charge >= 0.3 is 6.09 Å². The molecule has 1 aliphatic heterocycles. The van der Waals surface area contributed by atoms with Crippen molar-refractivity contribution in [1.82, 2.24) is 19.7 Å². The van der Waals surface area contributed by atoms with Crippen LogP contribution in [0.25, 0.3) is 5.69 Å².